The van der Waals surface area contributed by atoms with Crippen LogP contribution in [-0.4, -0.2) is 22.5 Å². The van der Waals surface area contributed by atoms with Gasteiger partial charge in [0.05, 0.1) is 11.9 Å². The number of hydrogen-bond donors (Lipinski definition) is 1. The van der Waals surface area contributed by atoms with Gasteiger partial charge in [-0.15, -0.1) is 0 Å². The first kappa shape index (κ1) is 14.9. The number of anilines is 1. The monoisotopic (exact) mass is 314 g/mol. The number of rotatable bonds is 3. The van der Waals surface area contributed by atoms with Crippen LogP contribution in [0.1, 0.15) is 0 Å². The lowest BCUT2D eigenvalue weighted by Gasteiger charge is -2.09. The Morgan fingerprint density at radius 3 is 2.48 bits per heavy atom. The fourth-order valence-corrected chi connectivity index (χ4v) is 2.81. The SMILES string of the molecule is Cn1cc(S(=O)(=O)Nc2ccc(F)nc2)c(=O)n(C)c1=O. The van der Waals surface area contributed by atoms with Crippen LogP contribution in [0.3, 0.4) is 0 Å². The van der Waals surface area contributed by atoms with E-state index >= 15 is 0 Å². The van der Waals surface area contributed by atoms with Gasteiger partial charge < -0.3 is 4.57 Å². The Morgan fingerprint density at radius 2 is 1.90 bits per heavy atom. The molecule has 0 aliphatic carbocycles. The second-order valence-electron chi connectivity index (χ2n) is 4.23. The summed E-state index contributed by atoms with van der Waals surface area (Å²) in [5, 5.41) is 0. The van der Waals surface area contributed by atoms with Crippen LogP contribution in [0.25, 0.3) is 0 Å². The molecule has 0 aliphatic heterocycles. The van der Waals surface area contributed by atoms with E-state index in [2.05, 4.69) is 9.71 Å². The molecule has 21 heavy (non-hydrogen) atoms. The van der Waals surface area contributed by atoms with E-state index in [1.807, 2.05) is 0 Å². The molecular weight excluding hydrogens is 303 g/mol. The van der Waals surface area contributed by atoms with Crippen LogP contribution in [-0.2, 0) is 24.1 Å². The van der Waals surface area contributed by atoms with Crippen molar-refractivity contribution in [3.8, 4) is 0 Å². The van der Waals surface area contributed by atoms with Gasteiger partial charge in [0.15, 0.2) is 4.90 Å². The van der Waals surface area contributed by atoms with Crippen LogP contribution >= 0.6 is 0 Å². The fraction of sp³-hybridized carbons (Fsp3) is 0.182. The van der Waals surface area contributed by atoms with Gasteiger partial charge in [-0.3, -0.25) is 14.1 Å². The number of nitrogens with zero attached hydrogens (tertiary/aromatic N) is 3. The van der Waals surface area contributed by atoms with Crippen molar-refractivity contribution in [1.82, 2.24) is 14.1 Å². The van der Waals surface area contributed by atoms with Crippen LogP contribution in [0.4, 0.5) is 10.1 Å². The lowest BCUT2D eigenvalue weighted by Crippen LogP contribution is -2.40. The van der Waals surface area contributed by atoms with Crippen LogP contribution < -0.4 is 16.0 Å². The summed E-state index contributed by atoms with van der Waals surface area (Å²) in [4.78, 5) is 26.1. The number of pyridine rings is 1. The molecule has 0 aliphatic rings. The van der Waals surface area contributed by atoms with Gasteiger partial charge in [0.25, 0.3) is 15.6 Å². The first-order valence-electron chi connectivity index (χ1n) is 5.63. The van der Waals surface area contributed by atoms with Crippen LogP contribution in [0.2, 0.25) is 0 Å². The second kappa shape index (κ2) is 5.13. The molecule has 0 aromatic carbocycles. The van der Waals surface area contributed by atoms with Crippen LogP contribution in [0.5, 0.6) is 0 Å². The van der Waals surface area contributed by atoms with Crippen molar-refractivity contribution in [3.63, 3.8) is 0 Å². The molecule has 0 unspecified atom stereocenters. The maximum Gasteiger partial charge on any atom is 0.330 e. The highest BCUT2D eigenvalue weighted by atomic mass is 32.2. The van der Waals surface area contributed by atoms with Gasteiger partial charge in [-0.25, -0.2) is 18.2 Å². The first-order valence-corrected chi connectivity index (χ1v) is 7.12. The Kier molecular flexibility index (Phi) is 3.64. The molecule has 10 heteroatoms. The highest BCUT2D eigenvalue weighted by molar-refractivity contribution is 7.92. The summed E-state index contributed by atoms with van der Waals surface area (Å²) in [5.41, 5.74) is -1.62. The second-order valence-corrected chi connectivity index (χ2v) is 5.88. The molecule has 0 saturated carbocycles. The molecule has 1 N–H and O–H groups in total. The van der Waals surface area contributed by atoms with Crippen molar-refractivity contribution < 1.29 is 12.8 Å². The molecular formula is C11H11FN4O4S. The molecule has 2 aromatic heterocycles. The van der Waals surface area contributed by atoms with Gasteiger partial charge in [-0.05, 0) is 12.1 Å². The zero-order valence-electron chi connectivity index (χ0n) is 11.1. The van der Waals surface area contributed by atoms with Gasteiger partial charge in [-0.2, -0.15) is 4.39 Å². The normalized spacial score (nSPS) is 11.4. The van der Waals surface area contributed by atoms with E-state index in [4.69, 9.17) is 0 Å². The van der Waals surface area contributed by atoms with Crippen LogP contribution in [0, 0.1) is 5.95 Å². The van der Waals surface area contributed by atoms with E-state index in [-0.39, 0.29) is 5.69 Å². The molecule has 2 aromatic rings. The van der Waals surface area contributed by atoms with E-state index in [0.717, 1.165) is 29.1 Å². The number of aromatic nitrogens is 3. The van der Waals surface area contributed by atoms with Crippen molar-refractivity contribution in [2.24, 2.45) is 14.1 Å². The number of aryl methyl sites for hydroxylation is 1. The average Bonchev–Trinajstić information content (AvgIpc) is 2.42. The summed E-state index contributed by atoms with van der Waals surface area (Å²) in [5.74, 6) is -0.768. The van der Waals surface area contributed by atoms with E-state index in [9.17, 15) is 22.4 Å². The Morgan fingerprint density at radius 1 is 1.24 bits per heavy atom. The predicted octanol–water partition coefficient (Wildman–Crippen LogP) is -0.581. The zero-order valence-corrected chi connectivity index (χ0v) is 11.9. The average molecular weight is 314 g/mol. The molecule has 2 rings (SSSR count). The van der Waals surface area contributed by atoms with Crippen molar-refractivity contribution in [2.45, 2.75) is 4.90 Å². The summed E-state index contributed by atoms with van der Waals surface area (Å²) in [6.07, 6.45) is 1.89. The third-order valence-electron chi connectivity index (χ3n) is 2.68. The van der Waals surface area contributed by atoms with E-state index in [0.29, 0.717) is 4.57 Å². The molecule has 8 nitrogen and oxygen atoms in total. The molecule has 112 valence electrons. The fourth-order valence-electron chi connectivity index (χ4n) is 1.61. The Labute approximate surface area is 118 Å². The largest absolute Gasteiger partial charge is 0.330 e. The van der Waals surface area contributed by atoms with E-state index < -0.39 is 32.1 Å². The maximum absolute atomic E-state index is 12.7. The molecule has 2 heterocycles. The lowest BCUT2D eigenvalue weighted by atomic mass is 10.4. The third kappa shape index (κ3) is 2.84. The van der Waals surface area contributed by atoms with Crippen molar-refractivity contribution >= 4 is 15.7 Å². The van der Waals surface area contributed by atoms with Gasteiger partial charge in [0.2, 0.25) is 5.95 Å². The summed E-state index contributed by atoms with van der Waals surface area (Å²) < 4.78 is 40.7. The Balaban J connectivity index is 2.53. The highest BCUT2D eigenvalue weighted by Crippen LogP contribution is 2.11. The van der Waals surface area contributed by atoms with Crippen molar-refractivity contribution in [3.05, 3.63) is 51.3 Å². The molecule has 0 amide bonds. The van der Waals surface area contributed by atoms with Gasteiger partial charge >= 0.3 is 5.69 Å². The van der Waals surface area contributed by atoms with Gasteiger partial charge in [0.1, 0.15) is 0 Å². The third-order valence-corrected chi connectivity index (χ3v) is 4.05. The topological polar surface area (TPSA) is 103 Å². The minimum absolute atomic E-state index is 0.00712. The quantitative estimate of drug-likeness (QED) is 0.763. The number of halogens is 1. The standard InChI is InChI=1S/C11H11FN4O4S/c1-15-6-8(10(17)16(2)11(15)18)21(19,20)14-7-3-4-9(12)13-5-7/h3-6,14H,1-2H3. The molecule has 0 saturated heterocycles. The zero-order chi connectivity index (χ0) is 15.8. The number of hydrogen-bond acceptors (Lipinski definition) is 5. The highest BCUT2D eigenvalue weighted by Gasteiger charge is 2.21. The summed E-state index contributed by atoms with van der Waals surface area (Å²) >= 11 is 0. The van der Waals surface area contributed by atoms with Crippen molar-refractivity contribution in [2.75, 3.05) is 4.72 Å². The number of sulfonamides is 1. The van der Waals surface area contributed by atoms with Gasteiger partial charge in [0, 0.05) is 20.3 Å². The summed E-state index contributed by atoms with van der Waals surface area (Å²) in [6, 6.07) is 2.13. The first-order chi connectivity index (χ1) is 9.72. The molecule has 0 bridgehead atoms. The minimum Gasteiger partial charge on any atom is -0.302 e. The minimum atomic E-state index is -4.22. The molecule has 0 atom stereocenters. The number of nitrogens with one attached hydrogen (secondary N) is 1. The molecule has 0 spiro atoms. The Hall–Kier alpha value is -2.49. The lowest BCUT2D eigenvalue weighted by molar-refractivity contribution is 0.582. The van der Waals surface area contributed by atoms with E-state index in [1.165, 1.54) is 14.1 Å². The Bertz CT molecular complexity index is 899. The predicted molar refractivity (Wildman–Crippen MR) is 71.9 cm³/mol. The van der Waals surface area contributed by atoms with Crippen LogP contribution in [0.15, 0.2) is 39.0 Å². The van der Waals surface area contributed by atoms with E-state index in [1.54, 1.807) is 0 Å². The smallest absolute Gasteiger partial charge is 0.302 e. The molecule has 0 fully saturated rings. The molecule has 0 radical (unpaired) electrons. The van der Waals surface area contributed by atoms with Crippen molar-refractivity contribution in [1.29, 1.82) is 0 Å². The van der Waals surface area contributed by atoms with Gasteiger partial charge in [-0.1, -0.05) is 0 Å². The summed E-state index contributed by atoms with van der Waals surface area (Å²) in [7, 11) is -1.73. The maximum atomic E-state index is 12.7. The summed E-state index contributed by atoms with van der Waals surface area (Å²) in [6.45, 7) is 0.